The van der Waals surface area contributed by atoms with E-state index in [0.29, 0.717) is 6.54 Å². The van der Waals surface area contributed by atoms with Crippen LogP contribution in [-0.2, 0) is 22.6 Å². The van der Waals surface area contributed by atoms with Crippen LogP contribution in [0.15, 0.2) is 18.2 Å². The third kappa shape index (κ3) is 2.32. The van der Waals surface area contributed by atoms with Crippen LogP contribution < -0.4 is 5.73 Å². The maximum absolute atomic E-state index is 12.5. The molecule has 0 saturated heterocycles. The van der Waals surface area contributed by atoms with Crippen LogP contribution in [0.4, 0.5) is 5.69 Å². The maximum Gasteiger partial charge on any atom is 0.226 e. The molecule has 4 nitrogen and oxygen atoms in total. The quantitative estimate of drug-likeness (QED) is 0.827. The van der Waals surface area contributed by atoms with Crippen molar-refractivity contribution in [2.75, 3.05) is 12.8 Å². The van der Waals surface area contributed by atoms with E-state index >= 15 is 0 Å². The SMILES string of the molecule is COC1CCC(C(=O)N2Cc3ccc(N)cc3C2)C1. The van der Waals surface area contributed by atoms with Crippen LogP contribution in [0.1, 0.15) is 30.4 Å². The lowest BCUT2D eigenvalue weighted by atomic mass is 10.1. The number of anilines is 1. The van der Waals surface area contributed by atoms with E-state index in [9.17, 15) is 4.79 Å². The summed E-state index contributed by atoms with van der Waals surface area (Å²) in [4.78, 5) is 14.5. The standard InChI is InChI=1S/C15H20N2O2/c1-19-14-5-3-10(7-14)15(18)17-8-11-2-4-13(16)6-12(11)9-17/h2,4,6,10,14H,3,5,7-9,16H2,1H3. The number of carbonyl (C=O) groups excluding carboxylic acids is 1. The second kappa shape index (κ2) is 4.85. The number of benzene rings is 1. The normalized spacial score (nSPS) is 25.6. The number of carbonyl (C=O) groups is 1. The zero-order valence-electron chi connectivity index (χ0n) is 11.3. The highest BCUT2D eigenvalue weighted by atomic mass is 16.5. The molecule has 102 valence electrons. The highest BCUT2D eigenvalue weighted by molar-refractivity contribution is 5.80. The Hall–Kier alpha value is -1.55. The Kier molecular flexibility index (Phi) is 3.19. The van der Waals surface area contributed by atoms with Crippen LogP contribution in [0.25, 0.3) is 0 Å². The van der Waals surface area contributed by atoms with E-state index in [1.54, 1.807) is 7.11 Å². The van der Waals surface area contributed by atoms with Crippen molar-refractivity contribution in [1.29, 1.82) is 0 Å². The Balaban J connectivity index is 1.68. The molecule has 1 aliphatic heterocycles. The van der Waals surface area contributed by atoms with E-state index in [1.807, 2.05) is 23.1 Å². The van der Waals surface area contributed by atoms with Gasteiger partial charge in [-0.15, -0.1) is 0 Å². The number of methoxy groups -OCH3 is 1. The molecular weight excluding hydrogens is 240 g/mol. The summed E-state index contributed by atoms with van der Waals surface area (Å²) in [5, 5.41) is 0. The van der Waals surface area contributed by atoms with Gasteiger partial charge in [0.1, 0.15) is 0 Å². The molecular formula is C15H20N2O2. The summed E-state index contributed by atoms with van der Waals surface area (Å²) in [7, 11) is 1.73. The van der Waals surface area contributed by atoms with Gasteiger partial charge in [0, 0.05) is 31.8 Å². The Morgan fingerprint density at radius 3 is 2.84 bits per heavy atom. The van der Waals surface area contributed by atoms with Crippen LogP contribution in [0.2, 0.25) is 0 Å². The average molecular weight is 260 g/mol. The fraction of sp³-hybridized carbons (Fsp3) is 0.533. The number of fused-ring (bicyclic) bond motifs is 1. The van der Waals surface area contributed by atoms with Crippen LogP contribution in [0.5, 0.6) is 0 Å². The lowest BCUT2D eigenvalue weighted by Crippen LogP contribution is -2.31. The highest BCUT2D eigenvalue weighted by Gasteiger charge is 2.34. The van der Waals surface area contributed by atoms with Crippen molar-refractivity contribution >= 4 is 11.6 Å². The molecule has 1 heterocycles. The highest BCUT2D eigenvalue weighted by Crippen LogP contribution is 2.32. The van der Waals surface area contributed by atoms with Crippen LogP contribution in [0, 0.1) is 5.92 Å². The molecule has 1 saturated carbocycles. The van der Waals surface area contributed by atoms with Gasteiger partial charge >= 0.3 is 0 Å². The van der Waals surface area contributed by atoms with E-state index in [4.69, 9.17) is 10.5 Å². The minimum atomic E-state index is 0.136. The minimum Gasteiger partial charge on any atom is -0.399 e. The first-order valence-electron chi connectivity index (χ1n) is 6.86. The van der Waals surface area contributed by atoms with Gasteiger partial charge in [-0.25, -0.2) is 0 Å². The molecule has 2 aliphatic rings. The van der Waals surface area contributed by atoms with E-state index < -0.39 is 0 Å². The lowest BCUT2D eigenvalue weighted by Gasteiger charge is -2.20. The van der Waals surface area contributed by atoms with Crippen molar-refractivity contribution in [3.8, 4) is 0 Å². The molecule has 0 spiro atoms. The predicted octanol–water partition coefficient (Wildman–Crippen LogP) is 1.93. The molecule has 2 unspecified atom stereocenters. The van der Waals surface area contributed by atoms with Gasteiger partial charge in [-0.3, -0.25) is 4.79 Å². The number of nitrogens with two attached hydrogens (primary N) is 1. The van der Waals surface area contributed by atoms with E-state index in [0.717, 1.165) is 31.5 Å². The Bertz CT molecular complexity index is 501. The zero-order valence-corrected chi connectivity index (χ0v) is 11.3. The summed E-state index contributed by atoms with van der Waals surface area (Å²) in [6.45, 7) is 1.43. The predicted molar refractivity (Wildman–Crippen MR) is 73.2 cm³/mol. The third-order valence-electron chi connectivity index (χ3n) is 4.33. The van der Waals surface area contributed by atoms with Crippen molar-refractivity contribution in [2.45, 2.75) is 38.5 Å². The molecule has 1 aromatic carbocycles. The van der Waals surface area contributed by atoms with Gasteiger partial charge in [-0.2, -0.15) is 0 Å². The molecule has 1 aliphatic carbocycles. The first kappa shape index (κ1) is 12.5. The Labute approximate surface area is 113 Å². The largest absolute Gasteiger partial charge is 0.399 e. The molecule has 1 fully saturated rings. The second-order valence-corrected chi connectivity index (χ2v) is 5.59. The number of ether oxygens (including phenoxy) is 1. The fourth-order valence-electron chi connectivity index (χ4n) is 3.21. The molecule has 2 atom stereocenters. The minimum absolute atomic E-state index is 0.136. The monoisotopic (exact) mass is 260 g/mol. The van der Waals surface area contributed by atoms with Crippen LogP contribution in [-0.4, -0.2) is 24.0 Å². The van der Waals surface area contributed by atoms with Crippen LogP contribution >= 0.6 is 0 Å². The molecule has 0 bridgehead atoms. The summed E-state index contributed by atoms with van der Waals surface area (Å²) in [5.74, 6) is 0.408. The molecule has 0 radical (unpaired) electrons. The zero-order chi connectivity index (χ0) is 13.4. The molecule has 1 amide bonds. The lowest BCUT2D eigenvalue weighted by molar-refractivity contribution is -0.136. The summed E-state index contributed by atoms with van der Waals surface area (Å²) in [5.41, 5.74) is 8.98. The van der Waals surface area contributed by atoms with E-state index in [1.165, 1.54) is 11.1 Å². The van der Waals surface area contributed by atoms with Crippen molar-refractivity contribution in [2.24, 2.45) is 5.92 Å². The van der Waals surface area contributed by atoms with Gasteiger partial charge < -0.3 is 15.4 Å². The Morgan fingerprint density at radius 1 is 1.32 bits per heavy atom. The maximum atomic E-state index is 12.5. The topological polar surface area (TPSA) is 55.6 Å². The van der Waals surface area contributed by atoms with E-state index in [2.05, 4.69) is 0 Å². The second-order valence-electron chi connectivity index (χ2n) is 5.59. The van der Waals surface area contributed by atoms with Gasteiger partial charge in [0.05, 0.1) is 6.10 Å². The average Bonchev–Trinajstić information content (AvgIpc) is 3.03. The number of nitrogens with zero attached hydrogens (tertiary/aromatic N) is 1. The summed E-state index contributed by atoms with van der Waals surface area (Å²) < 4.78 is 5.34. The molecule has 2 N–H and O–H groups in total. The van der Waals surface area contributed by atoms with Gasteiger partial charge in [-0.05, 0) is 42.5 Å². The summed E-state index contributed by atoms with van der Waals surface area (Å²) >= 11 is 0. The molecule has 3 rings (SSSR count). The van der Waals surface area contributed by atoms with E-state index in [-0.39, 0.29) is 17.9 Å². The fourth-order valence-corrected chi connectivity index (χ4v) is 3.21. The first-order valence-corrected chi connectivity index (χ1v) is 6.86. The molecule has 19 heavy (non-hydrogen) atoms. The summed E-state index contributed by atoms with van der Waals surface area (Å²) in [6, 6.07) is 5.92. The number of rotatable bonds is 2. The van der Waals surface area contributed by atoms with Crippen molar-refractivity contribution in [3.63, 3.8) is 0 Å². The van der Waals surface area contributed by atoms with Crippen LogP contribution in [0.3, 0.4) is 0 Å². The molecule has 1 aromatic rings. The molecule has 0 aromatic heterocycles. The number of amides is 1. The van der Waals surface area contributed by atoms with Gasteiger partial charge in [-0.1, -0.05) is 6.07 Å². The van der Waals surface area contributed by atoms with Crippen molar-refractivity contribution in [1.82, 2.24) is 4.90 Å². The third-order valence-corrected chi connectivity index (χ3v) is 4.33. The van der Waals surface area contributed by atoms with Gasteiger partial charge in [0.2, 0.25) is 5.91 Å². The number of nitrogen functional groups attached to an aromatic ring is 1. The summed E-state index contributed by atoms with van der Waals surface area (Å²) in [6.07, 6.45) is 3.08. The van der Waals surface area contributed by atoms with Crippen molar-refractivity contribution in [3.05, 3.63) is 29.3 Å². The number of hydrogen-bond acceptors (Lipinski definition) is 3. The van der Waals surface area contributed by atoms with Crippen molar-refractivity contribution < 1.29 is 9.53 Å². The first-order chi connectivity index (χ1) is 9.17. The van der Waals surface area contributed by atoms with Gasteiger partial charge in [0.15, 0.2) is 0 Å². The molecule has 4 heteroatoms. The number of hydrogen-bond donors (Lipinski definition) is 1. The Morgan fingerprint density at radius 2 is 2.11 bits per heavy atom. The van der Waals surface area contributed by atoms with Gasteiger partial charge in [0.25, 0.3) is 0 Å². The smallest absolute Gasteiger partial charge is 0.226 e.